The van der Waals surface area contributed by atoms with E-state index in [-0.39, 0.29) is 17.4 Å². The molecule has 6 rings (SSSR count). The largest absolute Gasteiger partial charge is 0.492 e. The van der Waals surface area contributed by atoms with E-state index in [1.54, 1.807) is 0 Å². The van der Waals surface area contributed by atoms with Gasteiger partial charge in [-0.15, -0.1) is 0 Å². The second kappa shape index (κ2) is 11.4. The molecule has 0 radical (unpaired) electrons. The van der Waals surface area contributed by atoms with E-state index in [4.69, 9.17) is 9.47 Å². The van der Waals surface area contributed by atoms with Gasteiger partial charge in [-0.05, 0) is 105 Å². The summed E-state index contributed by atoms with van der Waals surface area (Å²) in [6.45, 7) is 5.07. The zero-order valence-electron chi connectivity index (χ0n) is 23.4. The number of nitrogens with zero attached hydrogens (tertiary/aromatic N) is 1. The van der Waals surface area contributed by atoms with Crippen LogP contribution in [0.3, 0.4) is 0 Å². The molecule has 0 spiro atoms. The summed E-state index contributed by atoms with van der Waals surface area (Å²) in [6, 6.07) is 16.6. The number of carbonyl (C=O) groups is 2. The number of hydrogen-bond donors (Lipinski definition) is 0. The molecule has 208 valence electrons. The van der Waals surface area contributed by atoms with Gasteiger partial charge in [0.15, 0.2) is 0 Å². The Bertz CT molecular complexity index is 1170. The summed E-state index contributed by atoms with van der Waals surface area (Å²) in [5, 5.41) is 0. The molecule has 5 heteroatoms. The van der Waals surface area contributed by atoms with E-state index >= 15 is 0 Å². The molecule has 2 aromatic carbocycles. The van der Waals surface area contributed by atoms with Crippen LogP contribution in [0.25, 0.3) is 0 Å². The van der Waals surface area contributed by atoms with Crippen LogP contribution in [0.4, 0.5) is 0 Å². The fourth-order valence-corrected chi connectivity index (χ4v) is 8.18. The van der Waals surface area contributed by atoms with Gasteiger partial charge in [0.05, 0.1) is 12.5 Å². The summed E-state index contributed by atoms with van der Waals surface area (Å²) < 4.78 is 12.0. The first-order chi connectivity index (χ1) is 19.0. The summed E-state index contributed by atoms with van der Waals surface area (Å²) >= 11 is 0. The van der Waals surface area contributed by atoms with Crippen LogP contribution in [0.5, 0.6) is 5.75 Å². The number of ether oxygens (including phenoxy) is 2. The molecule has 5 nitrogen and oxygen atoms in total. The summed E-state index contributed by atoms with van der Waals surface area (Å²) in [4.78, 5) is 27.9. The van der Waals surface area contributed by atoms with E-state index < -0.39 is 0 Å². The molecule has 2 saturated carbocycles. The number of benzene rings is 2. The van der Waals surface area contributed by atoms with Crippen molar-refractivity contribution in [2.75, 3.05) is 19.7 Å². The van der Waals surface area contributed by atoms with Gasteiger partial charge in [0, 0.05) is 11.8 Å². The molecular formula is C34H43NO4. The third-order valence-corrected chi connectivity index (χ3v) is 10.4. The van der Waals surface area contributed by atoms with Crippen molar-refractivity contribution >= 4 is 11.8 Å². The van der Waals surface area contributed by atoms with Gasteiger partial charge in [0.1, 0.15) is 24.7 Å². The molecule has 0 N–H and O–H groups in total. The second-order valence-electron chi connectivity index (χ2n) is 12.6. The Hall–Kier alpha value is -2.66. The number of ketones is 1. The number of piperidine rings is 1. The molecule has 0 amide bonds. The molecule has 1 heterocycles. The SMILES string of the molecule is C[C@]12CC[C@@H]3c4ccc(OCC(CC(=O)OCc5ccccc5)N5CCCCC5)cc4CC[C@H]3[C@@H]1CCC2=O. The average molecular weight is 530 g/mol. The van der Waals surface area contributed by atoms with Crippen molar-refractivity contribution in [3.05, 3.63) is 65.2 Å². The average Bonchev–Trinajstić information content (AvgIpc) is 3.29. The lowest BCUT2D eigenvalue weighted by Crippen LogP contribution is -2.44. The number of rotatable bonds is 8. The molecule has 5 atom stereocenters. The first-order valence-corrected chi connectivity index (χ1v) is 15.2. The van der Waals surface area contributed by atoms with Crippen molar-refractivity contribution in [1.82, 2.24) is 4.90 Å². The first kappa shape index (κ1) is 26.6. The molecule has 0 bridgehead atoms. The summed E-state index contributed by atoms with van der Waals surface area (Å²) in [5.74, 6) is 3.02. The minimum atomic E-state index is -0.163. The number of hydrogen-bond acceptors (Lipinski definition) is 5. The molecular weight excluding hydrogens is 486 g/mol. The molecule has 1 unspecified atom stereocenters. The van der Waals surface area contributed by atoms with Gasteiger partial charge in [-0.3, -0.25) is 14.5 Å². The maximum absolute atomic E-state index is 12.8. The number of esters is 1. The highest BCUT2D eigenvalue weighted by atomic mass is 16.5. The van der Waals surface area contributed by atoms with Gasteiger partial charge in [-0.2, -0.15) is 0 Å². The Morgan fingerprint density at radius 2 is 1.85 bits per heavy atom. The molecule has 2 aromatic rings. The van der Waals surface area contributed by atoms with E-state index in [1.807, 2.05) is 30.3 Å². The lowest BCUT2D eigenvalue weighted by molar-refractivity contribution is -0.147. The predicted octanol–water partition coefficient (Wildman–Crippen LogP) is 6.48. The van der Waals surface area contributed by atoms with Crippen LogP contribution in [-0.2, 0) is 27.4 Å². The van der Waals surface area contributed by atoms with Crippen molar-refractivity contribution < 1.29 is 19.1 Å². The molecule has 4 aliphatic rings. The van der Waals surface area contributed by atoms with Crippen molar-refractivity contribution in [3.63, 3.8) is 0 Å². The number of Topliss-reactive ketones (excluding diaryl/α,β-unsaturated/α-hetero) is 1. The lowest BCUT2D eigenvalue weighted by atomic mass is 9.55. The second-order valence-corrected chi connectivity index (χ2v) is 12.6. The van der Waals surface area contributed by atoms with Crippen LogP contribution in [0.15, 0.2) is 48.5 Å². The molecule has 39 heavy (non-hydrogen) atoms. The van der Waals surface area contributed by atoms with E-state index in [0.29, 0.717) is 43.2 Å². The molecule has 0 aromatic heterocycles. The Labute approximate surface area is 233 Å². The van der Waals surface area contributed by atoms with E-state index in [9.17, 15) is 9.59 Å². The van der Waals surface area contributed by atoms with Crippen LogP contribution in [-0.4, -0.2) is 42.4 Å². The molecule has 3 fully saturated rings. The Kier molecular flexibility index (Phi) is 7.79. The first-order valence-electron chi connectivity index (χ1n) is 15.2. The van der Waals surface area contributed by atoms with Crippen LogP contribution >= 0.6 is 0 Å². The Morgan fingerprint density at radius 3 is 2.67 bits per heavy atom. The highest BCUT2D eigenvalue weighted by Crippen LogP contribution is 2.59. The van der Waals surface area contributed by atoms with Crippen molar-refractivity contribution in [3.8, 4) is 5.75 Å². The van der Waals surface area contributed by atoms with Gasteiger partial charge in [-0.25, -0.2) is 0 Å². The van der Waals surface area contributed by atoms with Gasteiger partial charge >= 0.3 is 5.97 Å². The van der Waals surface area contributed by atoms with Gasteiger partial charge in [-0.1, -0.05) is 49.7 Å². The van der Waals surface area contributed by atoms with E-state index in [1.165, 1.54) is 36.8 Å². The predicted molar refractivity (Wildman–Crippen MR) is 152 cm³/mol. The standard InChI is InChI=1S/C34H43NO4/c1-34-17-16-29-28-13-11-27(20-25(28)10-12-30(29)31(34)14-15-32(34)36)38-23-26(35-18-6-3-7-19-35)21-33(37)39-22-24-8-4-2-5-9-24/h2,4-5,8-9,11,13,20,26,29-31H,3,6-7,10,12,14-19,21-23H2,1H3/t26?,29-,30-,31+,34+/m1/s1. The zero-order chi connectivity index (χ0) is 26.8. The normalized spacial score (nSPS) is 29.2. The minimum Gasteiger partial charge on any atom is -0.492 e. The number of carbonyl (C=O) groups excluding carboxylic acids is 2. The number of fused-ring (bicyclic) bond motifs is 5. The maximum atomic E-state index is 12.8. The van der Waals surface area contributed by atoms with Gasteiger partial charge in [0.2, 0.25) is 0 Å². The fraction of sp³-hybridized carbons (Fsp3) is 0.588. The van der Waals surface area contributed by atoms with Crippen LogP contribution in [0, 0.1) is 17.3 Å². The van der Waals surface area contributed by atoms with Crippen LogP contribution in [0.1, 0.15) is 87.3 Å². The topological polar surface area (TPSA) is 55.8 Å². The lowest BCUT2D eigenvalue weighted by Gasteiger charge is -2.48. The Morgan fingerprint density at radius 1 is 1.03 bits per heavy atom. The van der Waals surface area contributed by atoms with Crippen LogP contribution in [0.2, 0.25) is 0 Å². The van der Waals surface area contributed by atoms with Crippen molar-refractivity contribution in [1.29, 1.82) is 0 Å². The molecule has 1 aliphatic heterocycles. The summed E-state index contributed by atoms with van der Waals surface area (Å²) in [7, 11) is 0. The monoisotopic (exact) mass is 529 g/mol. The third-order valence-electron chi connectivity index (χ3n) is 10.4. The van der Waals surface area contributed by atoms with E-state index in [2.05, 4.69) is 30.0 Å². The summed E-state index contributed by atoms with van der Waals surface area (Å²) in [5.41, 5.74) is 3.83. The van der Waals surface area contributed by atoms with Crippen molar-refractivity contribution in [2.45, 2.75) is 89.7 Å². The zero-order valence-corrected chi connectivity index (χ0v) is 23.4. The smallest absolute Gasteiger partial charge is 0.307 e. The molecule has 1 saturated heterocycles. The van der Waals surface area contributed by atoms with Crippen LogP contribution < -0.4 is 4.74 Å². The van der Waals surface area contributed by atoms with Gasteiger partial charge < -0.3 is 9.47 Å². The van der Waals surface area contributed by atoms with E-state index in [0.717, 1.165) is 56.5 Å². The Balaban J connectivity index is 1.10. The fourth-order valence-electron chi connectivity index (χ4n) is 8.18. The number of aryl methyl sites for hydroxylation is 1. The number of likely N-dealkylation sites (tertiary alicyclic amines) is 1. The highest BCUT2D eigenvalue weighted by Gasteiger charge is 2.54. The minimum absolute atomic E-state index is 0.0184. The molecule has 3 aliphatic carbocycles. The maximum Gasteiger partial charge on any atom is 0.307 e. The quantitative estimate of drug-likeness (QED) is 0.367. The van der Waals surface area contributed by atoms with Crippen molar-refractivity contribution in [2.24, 2.45) is 17.3 Å². The van der Waals surface area contributed by atoms with Gasteiger partial charge in [0.25, 0.3) is 0 Å². The third kappa shape index (κ3) is 5.52. The highest BCUT2D eigenvalue weighted by molar-refractivity contribution is 5.87. The summed E-state index contributed by atoms with van der Waals surface area (Å²) in [6.07, 6.45) is 10.2.